The molecule has 2 aromatic rings. The maximum absolute atomic E-state index is 12.4. The van der Waals surface area contributed by atoms with Crippen LogP contribution in [0.15, 0.2) is 42.5 Å². The number of pyridine rings is 1. The lowest BCUT2D eigenvalue weighted by molar-refractivity contribution is 0.0946. The number of hydrogen-bond acceptors (Lipinski definition) is 2. The Bertz CT molecular complexity index is 650. The van der Waals surface area contributed by atoms with Crippen molar-refractivity contribution in [2.45, 2.75) is 46.0 Å². The van der Waals surface area contributed by atoms with Crippen LogP contribution in [-0.2, 0) is 0 Å². The van der Waals surface area contributed by atoms with Gasteiger partial charge in [0.05, 0.1) is 0 Å². The summed E-state index contributed by atoms with van der Waals surface area (Å²) in [7, 11) is 0. The van der Waals surface area contributed by atoms with Crippen molar-refractivity contribution in [3.05, 3.63) is 65.0 Å². The molecule has 1 N–H and O–H groups in total. The Balaban J connectivity index is 1.94. The van der Waals surface area contributed by atoms with Gasteiger partial charge in [-0.3, -0.25) is 4.79 Å². The van der Waals surface area contributed by atoms with E-state index in [1.54, 1.807) is 0 Å². The van der Waals surface area contributed by atoms with Crippen LogP contribution in [0.2, 0.25) is 0 Å². The first-order chi connectivity index (χ1) is 11.0. The summed E-state index contributed by atoms with van der Waals surface area (Å²) < 4.78 is 0. The number of carbonyl (C=O) groups is 1. The summed E-state index contributed by atoms with van der Waals surface area (Å²) in [5.41, 5.74) is 3.72. The molecule has 3 nitrogen and oxygen atoms in total. The minimum Gasteiger partial charge on any atom is -0.351 e. The van der Waals surface area contributed by atoms with Gasteiger partial charge in [0.1, 0.15) is 5.69 Å². The summed E-state index contributed by atoms with van der Waals surface area (Å²) in [5, 5.41) is 3.01. The SMILES string of the molecule is Cc1ccc(C(C)C)nc1C(=O)NCCC(C)c1ccccc1. The van der Waals surface area contributed by atoms with E-state index in [2.05, 4.69) is 55.3 Å². The quantitative estimate of drug-likeness (QED) is 0.857. The third-order valence-corrected chi connectivity index (χ3v) is 4.16. The summed E-state index contributed by atoms with van der Waals surface area (Å²) in [6, 6.07) is 14.4. The summed E-state index contributed by atoms with van der Waals surface area (Å²) in [6.07, 6.45) is 0.915. The minimum atomic E-state index is -0.0785. The lowest BCUT2D eigenvalue weighted by Crippen LogP contribution is -2.27. The monoisotopic (exact) mass is 310 g/mol. The number of amides is 1. The van der Waals surface area contributed by atoms with Crippen LogP contribution in [0.25, 0.3) is 0 Å². The third-order valence-electron chi connectivity index (χ3n) is 4.16. The van der Waals surface area contributed by atoms with Crippen LogP contribution in [0, 0.1) is 6.92 Å². The zero-order valence-corrected chi connectivity index (χ0v) is 14.5. The molecule has 0 radical (unpaired) electrons. The smallest absolute Gasteiger partial charge is 0.270 e. The molecule has 0 aliphatic rings. The van der Waals surface area contributed by atoms with Gasteiger partial charge in [-0.15, -0.1) is 0 Å². The predicted octanol–water partition coefficient (Wildman–Crippen LogP) is 4.44. The highest BCUT2D eigenvalue weighted by Gasteiger charge is 2.13. The number of rotatable bonds is 6. The molecule has 1 atom stereocenters. The van der Waals surface area contributed by atoms with Crippen molar-refractivity contribution in [2.75, 3.05) is 6.54 Å². The number of aryl methyl sites for hydroxylation is 1. The summed E-state index contributed by atoms with van der Waals surface area (Å²) in [5.74, 6) is 0.665. The number of nitrogens with zero attached hydrogens (tertiary/aromatic N) is 1. The Hall–Kier alpha value is -2.16. The topological polar surface area (TPSA) is 42.0 Å². The summed E-state index contributed by atoms with van der Waals surface area (Å²) in [6.45, 7) is 8.94. The van der Waals surface area contributed by atoms with Gasteiger partial charge < -0.3 is 5.32 Å². The first-order valence-electron chi connectivity index (χ1n) is 8.29. The molecule has 1 unspecified atom stereocenters. The number of hydrogen-bond donors (Lipinski definition) is 1. The van der Waals surface area contributed by atoms with Gasteiger partial charge in [-0.05, 0) is 42.4 Å². The highest BCUT2D eigenvalue weighted by Crippen LogP contribution is 2.18. The van der Waals surface area contributed by atoms with E-state index >= 15 is 0 Å². The molecular weight excluding hydrogens is 284 g/mol. The van der Waals surface area contributed by atoms with E-state index in [0.29, 0.717) is 24.1 Å². The molecule has 0 saturated carbocycles. The number of carbonyl (C=O) groups excluding carboxylic acids is 1. The zero-order chi connectivity index (χ0) is 16.8. The molecule has 0 bridgehead atoms. The maximum atomic E-state index is 12.4. The standard InChI is InChI=1S/C20H26N2O/c1-14(2)18-11-10-16(4)19(22-18)20(23)21-13-12-15(3)17-8-6-5-7-9-17/h5-11,14-15H,12-13H2,1-4H3,(H,21,23). The van der Waals surface area contributed by atoms with Crippen LogP contribution >= 0.6 is 0 Å². The summed E-state index contributed by atoms with van der Waals surface area (Å²) >= 11 is 0. The largest absolute Gasteiger partial charge is 0.351 e. The molecule has 1 heterocycles. The van der Waals surface area contributed by atoms with Gasteiger partial charge in [0.2, 0.25) is 0 Å². The van der Waals surface area contributed by atoms with Gasteiger partial charge in [-0.2, -0.15) is 0 Å². The van der Waals surface area contributed by atoms with Gasteiger partial charge in [-0.25, -0.2) is 4.98 Å². The third kappa shape index (κ3) is 4.65. The maximum Gasteiger partial charge on any atom is 0.270 e. The molecule has 0 saturated heterocycles. The second-order valence-electron chi connectivity index (χ2n) is 6.41. The van der Waals surface area contributed by atoms with E-state index in [9.17, 15) is 4.79 Å². The first kappa shape index (κ1) is 17.2. The lowest BCUT2D eigenvalue weighted by atomic mass is 9.98. The van der Waals surface area contributed by atoms with E-state index in [1.165, 1.54) is 5.56 Å². The van der Waals surface area contributed by atoms with Crippen LogP contribution in [-0.4, -0.2) is 17.4 Å². The van der Waals surface area contributed by atoms with Crippen LogP contribution in [0.1, 0.15) is 66.3 Å². The van der Waals surface area contributed by atoms with E-state index in [4.69, 9.17) is 0 Å². The van der Waals surface area contributed by atoms with Crippen LogP contribution in [0.3, 0.4) is 0 Å². The minimum absolute atomic E-state index is 0.0785. The fraction of sp³-hybridized carbons (Fsp3) is 0.400. The second kappa shape index (κ2) is 7.91. The van der Waals surface area contributed by atoms with Crippen LogP contribution < -0.4 is 5.32 Å². The molecule has 1 aromatic carbocycles. The first-order valence-corrected chi connectivity index (χ1v) is 8.29. The molecule has 1 aromatic heterocycles. The van der Waals surface area contributed by atoms with E-state index < -0.39 is 0 Å². The second-order valence-corrected chi connectivity index (χ2v) is 6.41. The highest BCUT2D eigenvalue weighted by molar-refractivity contribution is 5.93. The molecular formula is C20H26N2O. The molecule has 3 heteroatoms. The van der Waals surface area contributed by atoms with Crippen molar-refractivity contribution < 1.29 is 4.79 Å². The van der Waals surface area contributed by atoms with Crippen molar-refractivity contribution in [3.63, 3.8) is 0 Å². The van der Waals surface area contributed by atoms with Gasteiger partial charge in [0, 0.05) is 12.2 Å². The molecule has 1 amide bonds. The normalized spacial score (nSPS) is 12.2. The molecule has 2 rings (SSSR count). The molecule has 0 aliphatic carbocycles. The van der Waals surface area contributed by atoms with Gasteiger partial charge in [0.25, 0.3) is 5.91 Å². The molecule has 0 spiro atoms. The Morgan fingerprint density at radius 2 is 1.78 bits per heavy atom. The fourth-order valence-corrected chi connectivity index (χ4v) is 2.53. The fourth-order valence-electron chi connectivity index (χ4n) is 2.53. The average molecular weight is 310 g/mol. The van der Waals surface area contributed by atoms with Crippen LogP contribution in [0.4, 0.5) is 0 Å². The van der Waals surface area contributed by atoms with Crippen molar-refractivity contribution in [1.29, 1.82) is 0 Å². The molecule has 122 valence electrons. The van der Waals surface area contributed by atoms with E-state index in [0.717, 1.165) is 17.7 Å². The van der Waals surface area contributed by atoms with E-state index in [-0.39, 0.29) is 5.91 Å². The Morgan fingerprint density at radius 3 is 2.43 bits per heavy atom. The zero-order valence-electron chi connectivity index (χ0n) is 14.5. The van der Waals surface area contributed by atoms with Crippen molar-refractivity contribution >= 4 is 5.91 Å². The van der Waals surface area contributed by atoms with Gasteiger partial charge >= 0.3 is 0 Å². The molecule has 23 heavy (non-hydrogen) atoms. The Kier molecular flexibility index (Phi) is 5.91. The average Bonchev–Trinajstić information content (AvgIpc) is 2.55. The number of nitrogens with one attached hydrogen (secondary N) is 1. The van der Waals surface area contributed by atoms with Crippen molar-refractivity contribution in [3.8, 4) is 0 Å². The highest BCUT2D eigenvalue weighted by atomic mass is 16.1. The van der Waals surface area contributed by atoms with Crippen LogP contribution in [0.5, 0.6) is 0 Å². The van der Waals surface area contributed by atoms with Crippen molar-refractivity contribution in [2.24, 2.45) is 0 Å². The van der Waals surface area contributed by atoms with E-state index in [1.807, 2.05) is 25.1 Å². The number of benzene rings is 1. The summed E-state index contributed by atoms with van der Waals surface area (Å²) in [4.78, 5) is 16.9. The van der Waals surface area contributed by atoms with Gasteiger partial charge in [-0.1, -0.05) is 57.2 Å². The molecule has 0 aliphatic heterocycles. The Labute approximate surface area is 139 Å². The lowest BCUT2D eigenvalue weighted by Gasteiger charge is -2.13. The molecule has 0 fully saturated rings. The number of aromatic nitrogens is 1. The Morgan fingerprint density at radius 1 is 1.09 bits per heavy atom. The van der Waals surface area contributed by atoms with Crippen molar-refractivity contribution in [1.82, 2.24) is 10.3 Å². The predicted molar refractivity (Wildman–Crippen MR) is 94.9 cm³/mol. The van der Waals surface area contributed by atoms with Gasteiger partial charge in [0.15, 0.2) is 0 Å².